The summed E-state index contributed by atoms with van der Waals surface area (Å²) in [6.07, 6.45) is 2.81. The Balaban J connectivity index is 1.98. The summed E-state index contributed by atoms with van der Waals surface area (Å²) < 4.78 is 0. The molecule has 0 saturated heterocycles. The molecule has 1 aromatic carbocycles. The van der Waals surface area contributed by atoms with Gasteiger partial charge >= 0.3 is 0 Å². The molecule has 1 amide bonds. The van der Waals surface area contributed by atoms with Crippen LogP contribution < -0.4 is 5.32 Å². The van der Waals surface area contributed by atoms with Crippen molar-refractivity contribution >= 4 is 16.8 Å². The van der Waals surface area contributed by atoms with Crippen molar-refractivity contribution in [2.45, 2.75) is 6.42 Å². The normalized spacial score (nSPS) is 11.1. The van der Waals surface area contributed by atoms with Crippen LogP contribution in [0.5, 0.6) is 0 Å². The summed E-state index contributed by atoms with van der Waals surface area (Å²) in [5.74, 6) is -0.000967. The number of rotatable bonds is 5. The number of aromatic nitrogens is 1. The summed E-state index contributed by atoms with van der Waals surface area (Å²) in [6.45, 7) is 1.69. The second kappa shape index (κ2) is 5.69. The minimum Gasteiger partial charge on any atom is -0.361 e. The summed E-state index contributed by atoms with van der Waals surface area (Å²) in [7, 11) is 4.06. The summed E-state index contributed by atoms with van der Waals surface area (Å²) in [5, 5.41) is 3.93. The zero-order chi connectivity index (χ0) is 13.0. The van der Waals surface area contributed by atoms with E-state index in [9.17, 15) is 4.79 Å². The van der Waals surface area contributed by atoms with Crippen molar-refractivity contribution in [1.29, 1.82) is 0 Å². The Morgan fingerprint density at radius 3 is 2.94 bits per heavy atom. The van der Waals surface area contributed by atoms with Gasteiger partial charge in [0.15, 0.2) is 0 Å². The van der Waals surface area contributed by atoms with Crippen molar-refractivity contribution < 1.29 is 4.79 Å². The zero-order valence-corrected chi connectivity index (χ0v) is 10.9. The number of benzene rings is 1. The highest BCUT2D eigenvalue weighted by molar-refractivity contribution is 6.06. The van der Waals surface area contributed by atoms with Crippen LogP contribution in [0.3, 0.4) is 0 Å². The van der Waals surface area contributed by atoms with Crippen molar-refractivity contribution in [2.24, 2.45) is 0 Å². The average molecular weight is 245 g/mol. The Morgan fingerprint density at radius 1 is 1.33 bits per heavy atom. The van der Waals surface area contributed by atoms with Crippen molar-refractivity contribution in [3.05, 3.63) is 36.0 Å². The van der Waals surface area contributed by atoms with Gasteiger partial charge in [0, 0.05) is 29.2 Å². The van der Waals surface area contributed by atoms with Crippen LogP contribution in [-0.4, -0.2) is 43.0 Å². The van der Waals surface area contributed by atoms with Crippen LogP contribution in [0.25, 0.3) is 10.9 Å². The molecule has 0 aliphatic carbocycles. The molecule has 0 aliphatic heterocycles. The van der Waals surface area contributed by atoms with E-state index < -0.39 is 0 Å². The molecule has 96 valence electrons. The van der Waals surface area contributed by atoms with E-state index in [0.717, 1.165) is 29.4 Å². The third-order valence-corrected chi connectivity index (χ3v) is 2.91. The number of nitrogens with one attached hydrogen (secondary N) is 2. The minimum atomic E-state index is -0.000967. The molecule has 0 radical (unpaired) electrons. The second-order valence-electron chi connectivity index (χ2n) is 4.66. The Kier molecular flexibility index (Phi) is 3.99. The van der Waals surface area contributed by atoms with E-state index in [1.54, 1.807) is 0 Å². The highest BCUT2D eigenvalue weighted by atomic mass is 16.1. The molecule has 0 atom stereocenters. The summed E-state index contributed by atoms with van der Waals surface area (Å²) in [4.78, 5) is 17.3. The van der Waals surface area contributed by atoms with Crippen molar-refractivity contribution in [2.75, 3.05) is 27.2 Å². The molecule has 2 rings (SSSR count). The largest absolute Gasteiger partial charge is 0.361 e. The molecule has 4 heteroatoms. The van der Waals surface area contributed by atoms with Gasteiger partial charge in [-0.2, -0.15) is 0 Å². The number of amides is 1. The van der Waals surface area contributed by atoms with Crippen LogP contribution in [-0.2, 0) is 0 Å². The van der Waals surface area contributed by atoms with E-state index in [1.807, 2.05) is 44.6 Å². The number of carbonyl (C=O) groups excluding carboxylic acids is 1. The molecule has 1 aromatic heterocycles. The summed E-state index contributed by atoms with van der Waals surface area (Å²) in [5.41, 5.74) is 1.73. The predicted octanol–water partition coefficient (Wildman–Crippen LogP) is 1.85. The quantitative estimate of drug-likeness (QED) is 0.790. The van der Waals surface area contributed by atoms with E-state index in [4.69, 9.17) is 0 Å². The van der Waals surface area contributed by atoms with Gasteiger partial charge in [-0.1, -0.05) is 6.07 Å². The van der Waals surface area contributed by atoms with Crippen LogP contribution in [0, 0.1) is 0 Å². The van der Waals surface area contributed by atoms with Crippen LogP contribution in [0.4, 0.5) is 0 Å². The van der Waals surface area contributed by atoms with Gasteiger partial charge in [0.25, 0.3) is 5.91 Å². The highest BCUT2D eigenvalue weighted by Crippen LogP contribution is 2.16. The first kappa shape index (κ1) is 12.6. The van der Waals surface area contributed by atoms with E-state index in [2.05, 4.69) is 15.2 Å². The number of hydrogen-bond acceptors (Lipinski definition) is 2. The third kappa shape index (κ3) is 2.90. The fraction of sp³-hybridized carbons (Fsp3) is 0.357. The van der Waals surface area contributed by atoms with Crippen LogP contribution in [0.2, 0.25) is 0 Å². The van der Waals surface area contributed by atoms with Crippen molar-refractivity contribution in [3.8, 4) is 0 Å². The number of nitrogens with zero attached hydrogens (tertiary/aromatic N) is 1. The number of carbonyl (C=O) groups is 1. The molecular formula is C14H19N3O. The lowest BCUT2D eigenvalue weighted by molar-refractivity contribution is 0.0954. The molecule has 0 unspecified atom stereocenters. The van der Waals surface area contributed by atoms with E-state index in [0.29, 0.717) is 6.54 Å². The average Bonchev–Trinajstić information content (AvgIpc) is 2.82. The van der Waals surface area contributed by atoms with Gasteiger partial charge in [0.05, 0.1) is 0 Å². The van der Waals surface area contributed by atoms with E-state index in [-0.39, 0.29) is 5.91 Å². The van der Waals surface area contributed by atoms with Gasteiger partial charge in [-0.3, -0.25) is 4.79 Å². The van der Waals surface area contributed by atoms with Gasteiger partial charge in [0.2, 0.25) is 0 Å². The molecule has 0 fully saturated rings. The first-order valence-corrected chi connectivity index (χ1v) is 6.17. The molecule has 0 spiro atoms. The molecule has 4 nitrogen and oxygen atoms in total. The maximum absolute atomic E-state index is 12.1. The maximum Gasteiger partial charge on any atom is 0.251 e. The first-order chi connectivity index (χ1) is 8.68. The molecule has 0 saturated carbocycles. The Hall–Kier alpha value is -1.81. The molecule has 18 heavy (non-hydrogen) atoms. The fourth-order valence-corrected chi connectivity index (χ4v) is 1.98. The summed E-state index contributed by atoms with van der Waals surface area (Å²) >= 11 is 0. The molecule has 0 aliphatic rings. The SMILES string of the molecule is CN(C)CCCNC(=O)c1cccc2[nH]ccc12. The topological polar surface area (TPSA) is 48.1 Å². The van der Waals surface area contributed by atoms with Crippen LogP contribution >= 0.6 is 0 Å². The Morgan fingerprint density at radius 2 is 2.17 bits per heavy atom. The highest BCUT2D eigenvalue weighted by Gasteiger charge is 2.09. The second-order valence-corrected chi connectivity index (χ2v) is 4.66. The lowest BCUT2D eigenvalue weighted by atomic mass is 10.1. The first-order valence-electron chi connectivity index (χ1n) is 6.17. The molecule has 2 N–H and O–H groups in total. The smallest absolute Gasteiger partial charge is 0.251 e. The van der Waals surface area contributed by atoms with Crippen LogP contribution in [0.15, 0.2) is 30.5 Å². The minimum absolute atomic E-state index is 0.000967. The predicted molar refractivity (Wildman–Crippen MR) is 73.8 cm³/mol. The van der Waals surface area contributed by atoms with Crippen LogP contribution in [0.1, 0.15) is 16.8 Å². The summed E-state index contributed by atoms with van der Waals surface area (Å²) in [6, 6.07) is 7.66. The Labute approximate surface area is 107 Å². The van der Waals surface area contributed by atoms with E-state index in [1.165, 1.54) is 0 Å². The van der Waals surface area contributed by atoms with E-state index >= 15 is 0 Å². The molecular weight excluding hydrogens is 226 g/mol. The number of H-pyrrole nitrogens is 1. The standard InChI is InChI=1S/C14H19N3O/c1-17(2)10-4-8-16-14(18)12-5-3-6-13-11(12)7-9-15-13/h3,5-7,9,15H,4,8,10H2,1-2H3,(H,16,18). The lowest BCUT2D eigenvalue weighted by Crippen LogP contribution is -2.27. The molecule has 0 bridgehead atoms. The molecule has 2 aromatic rings. The number of hydrogen-bond donors (Lipinski definition) is 2. The van der Waals surface area contributed by atoms with Gasteiger partial charge in [-0.15, -0.1) is 0 Å². The van der Waals surface area contributed by atoms with Gasteiger partial charge in [-0.05, 0) is 45.3 Å². The van der Waals surface area contributed by atoms with Gasteiger partial charge < -0.3 is 15.2 Å². The van der Waals surface area contributed by atoms with Gasteiger partial charge in [0.1, 0.15) is 0 Å². The Bertz CT molecular complexity index is 531. The molecule has 1 heterocycles. The zero-order valence-electron chi connectivity index (χ0n) is 10.9. The number of fused-ring (bicyclic) bond motifs is 1. The van der Waals surface area contributed by atoms with Crippen molar-refractivity contribution in [3.63, 3.8) is 0 Å². The fourth-order valence-electron chi connectivity index (χ4n) is 1.98. The van der Waals surface area contributed by atoms with Crippen molar-refractivity contribution in [1.82, 2.24) is 15.2 Å². The third-order valence-electron chi connectivity index (χ3n) is 2.91. The maximum atomic E-state index is 12.1. The van der Waals surface area contributed by atoms with Gasteiger partial charge in [-0.25, -0.2) is 0 Å². The monoisotopic (exact) mass is 245 g/mol. The lowest BCUT2D eigenvalue weighted by Gasteiger charge is -2.10. The number of aromatic amines is 1.